The number of carbonyl (C=O) groups is 3. The number of fused-ring (bicyclic) bond motifs is 1. The fourth-order valence-electron chi connectivity index (χ4n) is 2.35. The van der Waals surface area contributed by atoms with Gasteiger partial charge in [0.2, 0.25) is 5.91 Å². The number of hydrogen-bond donors (Lipinski definition) is 3. The molecular weight excluding hydrogens is 394 g/mol. The van der Waals surface area contributed by atoms with Crippen molar-refractivity contribution in [3.8, 4) is 5.75 Å². The lowest BCUT2D eigenvalue weighted by atomic mass is 10.1. The largest absolute Gasteiger partial charge is 0.483 e. The molecule has 0 aliphatic carbocycles. The minimum atomic E-state index is -0.474. The summed E-state index contributed by atoms with van der Waals surface area (Å²) in [7, 11) is 0. The predicted molar refractivity (Wildman–Crippen MR) is 112 cm³/mol. The smallest absolute Gasteiger partial charge is 0.306 e. The SMILES string of the molecule is CCCOC(=O)CCC(=O)NC(=S)NNC(=O)COc1cccc2ccccc12. The van der Waals surface area contributed by atoms with Crippen LogP contribution < -0.4 is 20.9 Å². The normalized spacial score (nSPS) is 10.1. The van der Waals surface area contributed by atoms with E-state index in [9.17, 15) is 14.4 Å². The Hall–Kier alpha value is -3.20. The fraction of sp³-hybridized carbons (Fsp3) is 0.300. The molecule has 9 heteroatoms. The van der Waals surface area contributed by atoms with Gasteiger partial charge in [0, 0.05) is 11.8 Å². The van der Waals surface area contributed by atoms with Gasteiger partial charge in [-0.2, -0.15) is 0 Å². The lowest BCUT2D eigenvalue weighted by molar-refractivity contribution is -0.144. The third kappa shape index (κ3) is 7.74. The molecular formula is C20H23N3O5S. The highest BCUT2D eigenvalue weighted by Gasteiger charge is 2.10. The Morgan fingerprint density at radius 3 is 2.52 bits per heavy atom. The van der Waals surface area contributed by atoms with E-state index in [1.807, 2.05) is 43.3 Å². The van der Waals surface area contributed by atoms with Gasteiger partial charge in [0.1, 0.15) is 5.75 Å². The zero-order valence-electron chi connectivity index (χ0n) is 16.0. The lowest BCUT2D eigenvalue weighted by Gasteiger charge is -2.12. The molecule has 0 fully saturated rings. The summed E-state index contributed by atoms with van der Waals surface area (Å²) in [4.78, 5) is 35.0. The van der Waals surface area contributed by atoms with E-state index in [0.29, 0.717) is 12.4 Å². The van der Waals surface area contributed by atoms with Crippen molar-refractivity contribution in [2.75, 3.05) is 13.2 Å². The van der Waals surface area contributed by atoms with Crippen LogP contribution in [-0.4, -0.2) is 36.1 Å². The number of benzene rings is 2. The number of hydrazine groups is 1. The monoisotopic (exact) mass is 417 g/mol. The molecule has 0 saturated heterocycles. The minimum Gasteiger partial charge on any atom is -0.483 e. The van der Waals surface area contributed by atoms with Crippen molar-refractivity contribution in [2.24, 2.45) is 0 Å². The first-order chi connectivity index (χ1) is 14.0. The van der Waals surface area contributed by atoms with Crippen LogP contribution in [0.3, 0.4) is 0 Å². The van der Waals surface area contributed by atoms with Crippen molar-refractivity contribution in [2.45, 2.75) is 26.2 Å². The van der Waals surface area contributed by atoms with Crippen LogP contribution in [0, 0.1) is 0 Å². The first-order valence-corrected chi connectivity index (χ1v) is 9.55. The van der Waals surface area contributed by atoms with Gasteiger partial charge in [-0.25, -0.2) is 0 Å². The van der Waals surface area contributed by atoms with E-state index in [4.69, 9.17) is 21.7 Å². The number of hydrogen-bond acceptors (Lipinski definition) is 6. The van der Waals surface area contributed by atoms with E-state index in [0.717, 1.165) is 17.2 Å². The highest BCUT2D eigenvalue weighted by molar-refractivity contribution is 7.80. The average molecular weight is 417 g/mol. The Labute approximate surface area is 173 Å². The van der Waals surface area contributed by atoms with Crippen LogP contribution in [0.5, 0.6) is 5.75 Å². The molecule has 154 valence electrons. The molecule has 0 heterocycles. The molecule has 0 unspecified atom stereocenters. The second-order valence-electron chi connectivity index (χ2n) is 6.04. The van der Waals surface area contributed by atoms with Crippen molar-refractivity contribution in [1.82, 2.24) is 16.2 Å². The van der Waals surface area contributed by atoms with Gasteiger partial charge < -0.3 is 14.8 Å². The predicted octanol–water partition coefficient (Wildman–Crippen LogP) is 1.97. The van der Waals surface area contributed by atoms with Crippen LogP contribution in [0.2, 0.25) is 0 Å². The third-order valence-corrected chi connectivity index (χ3v) is 3.90. The lowest BCUT2D eigenvalue weighted by Crippen LogP contribution is -2.49. The molecule has 2 aromatic rings. The molecule has 0 aliphatic heterocycles. The van der Waals surface area contributed by atoms with Crippen LogP contribution in [0.15, 0.2) is 42.5 Å². The molecule has 0 radical (unpaired) electrons. The Morgan fingerprint density at radius 2 is 1.72 bits per heavy atom. The van der Waals surface area contributed by atoms with Crippen molar-refractivity contribution in [3.05, 3.63) is 42.5 Å². The number of rotatable bonds is 8. The average Bonchev–Trinajstić information content (AvgIpc) is 2.73. The van der Waals surface area contributed by atoms with Gasteiger partial charge in [0.25, 0.3) is 5.91 Å². The molecule has 8 nitrogen and oxygen atoms in total. The molecule has 2 rings (SSSR count). The molecule has 2 amide bonds. The van der Waals surface area contributed by atoms with E-state index in [1.54, 1.807) is 6.07 Å². The van der Waals surface area contributed by atoms with Crippen molar-refractivity contribution in [1.29, 1.82) is 0 Å². The number of thiocarbonyl (C=S) groups is 1. The summed E-state index contributed by atoms with van der Waals surface area (Å²) < 4.78 is 10.4. The highest BCUT2D eigenvalue weighted by Crippen LogP contribution is 2.24. The summed E-state index contributed by atoms with van der Waals surface area (Å²) in [6.45, 7) is 1.97. The standard InChI is InChI=1S/C20H23N3O5S/c1-2-12-27-19(26)11-10-17(24)21-20(29)23-22-18(25)13-28-16-9-5-7-14-6-3-4-8-15(14)16/h3-9H,2,10-13H2,1H3,(H,22,25)(H2,21,23,24,29). The second-order valence-corrected chi connectivity index (χ2v) is 6.45. The first kappa shape index (κ1) is 22.1. The Balaban J connectivity index is 1.68. The molecule has 0 aromatic heterocycles. The van der Waals surface area contributed by atoms with Gasteiger partial charge in [-0.15, -0.1) is 0 Å². The van der Waals surface area contributed by atoms with Crippen LogP contribution >= 0.6 is 12.2 Å². The fourth-order valence-corrected chi connectivity index (χ4v) is 2.52. The van der Waals surface area contributed by atoms with Gasteiger partial charge in [0.05, 0.1) is 13.0 Å². The quantitative estimate of drug-likeness (QED) is 0.343. The number of amides is 2. The highest BCUT2D eigenvalue weighted by atomic mass is 32.1. The summed E-state index contributed by atoms with van der Waals surface area (Å²) >= 11 is 4.92. The number of esters is 1. The van der Waals surface area contributed by atoms with E-state index >= 15 is 0 Å². The summed E-state index contributed by atoms with van der Waals surface area (Å²) in [5.41, 5.74) is 4.75. The van der Waals surface area contributed by atoms with Gasteiger partial charge in [0.15, 0.2) is 11.7 Å². The van der Waals surface area contributed by atoms with Gasteiger partial charge in [-0.05, 0) is 30.1 Å². The van der Waals surface area contributed by atoms with Crippen molar-refractivity contribution >= 4 is 45.9 Å². The number of carbonyl (C=O) groups excluding carboxylic acids is 3. The van der Waals surface area contributed by atoms with Gasteiger partial charge in [-0.1, -0.05) is 43.3 Å². The Kier molecular flexibility index (Phi) is 8.84. The molecule has 0 aliphatic rings. The zero-order chi connectivity index (χ0) is 21.1. The van der Waals surface area contributed by atoms with Crippen LogP contribution in [-0.2, 0) is 19.1 Å². The van der Waals surface area contributed by atoms with Crippen molar-refractivity contribution in [3.63, 3.8) is 0 Å². The van der Waals surface area contributed by atoms with E-state index in [1.165, 1.54) is 0 Å². The first-order valence-electron chi connectivity index (χ1n) is 9.14. The van der Waals surface area contributed by atoms with Crippen LogP contribution in [0.4, 0.5) is 0 Å². The molecule has 0 spiro atoms. The maximum Gasteiger partial charge on any atom is 0.306 e. The van der Waals surface area contributed by atoms with Gasteiger partial charge in [-0.3, -0.25) is 25.2 Å². The maximum atomic E-state index is 11.9. The molecule has 3 N–H and O–H groups in total. The van der Waals surface area contributed by atoms with E-state index < -0.39 is 17.8 Å². The van der Waals surface area contributed by atoms with Crippen LogP contribution in [0.1, 0.15) is 26.2 Å². The topological polar surface area (TPSA) is 106 Å². The molecule has 0 saturated carbocycles. The molecule has 29 heavy (non-hydrogen) atoms. The summed E-state index contributed by atoms with van der Waals surface area (Å²) in [5, 5.41) is 4.18. The summed E-state index contributed by atoms with van der Waals surface area (Å²) in [6.07, 6.45) is 0.609. The van der Waals surface area contributed by atoms with E-state index in [2.05, 4.69) is 16.2 Å². The molecule has 0 atom stereocenters. The number of nitrogens with one attached hydrogen (secondary N) is 3. The minimum absolute atomic E-state index is 0.0420. The van der Waals surface area contributed by atoms with Gasteiger partial charge >= 0.3 is 5.97 Å². The van der Waals surface area contributed by atoms with E-state index in [-0.39, 0.29) is 24.6 Å². The number of ether oxygens (including phenoxy) is 2. The summed E-state index contributed by atoms with van der Waals surface area (Å²) in [5.74, 6) is -0.793. The molecule has 2 aromatic carbocycles. The zero-order valence-corrected chi connectivity index (χ0v) is 16.8. The van der Waals surface area contributed by atoms with Crippen molar-refractivity contribution < 1.29 is 23.9 Å². The second kappa shape index (κ2) is 11.6. The Morgan fingerprint density at radius 1 is 0.966 bits per heavy atom. The third-order valence-electron chi connectivity index (χ3n) is 3.70. The molecule has 0 bridgehead atoms. The maximum absolute atomic E-state index is 11.9. The van der Waals surface area contributed by atoms with Crippen LogP contribution in [0.25, 0.3) is 10.8 Å². The summed E-state index contributed by atoms with van der Waals surface area (Å²) in [6, 6.07) is 13.2. The Bertz CT molecular complexity index is 882.